The number of esters is 1. The number of hydrogen-bond acceptors (Lipinski definition) is 6. The number of ether oxygens (including phenoxy) is 3. The fourth-order valence-corrected chi connectivity index (χ4v) is 2.04. The highest BCUT2D eigenvalue weighted by atomic mass is 16.6. The van der Waals surface area contributed by atoms with E-state index in [0.29, 0.717) is 13.2 Å². The lowest BCUT2D eigenvalue weighted by atomic mass is 10.1. The normalized spacial score (nSPS) is 15.8. The number of benzene rings is 1. The summed E-state index contributed by atoms with van der Waals surface area (Å²) >= 11 is 0. The van der Waals surface area contributed by atoms with Crippen LogP contribution in [0.1, 0.15) is 5.56 Å². The highest BCUT2D eigenvalue weighted by Gasteiger charge is 2.45. The van der Waals surface area contributed by atoms with Gasteiger partial charge in [-0.25, -0.2) is 4.79 Å². The minimum atomic E-state index is -0.734. The second kappa shape index (κ2) is 7.24. The molecule has 1 amide bonds. The van der Waals surface area contributed by atoms with Gasteiger partial charge >= 0.3 is 12.1 Å². The van der Waals surface area contributed by atoms with Crippen molar-refractivity contribution in [3.8, 4) is 0 Å². The number of carbonyl (C=O) groups is 2. The lowest BCUT2D eigenvalue weighted by Crippen LogP contribution is -2.71. The molecule has 7 nitrogen and oxygen atoms in total. The van der Waals surface area contributed by atoms with E-state index in [4.69, 9.17) is 9.47 Å². The fraction of sp³-hybridized carbons (Fsp3) is 0.467. The number of hydrogen-bond donors (Lipinski definition) is 1. The van der Waals surface area contributed by atoms with Gasteiger partial charge in [-0.2, -0.15) is 0 Å². The minimum absolute atomic E-state index is 0.0544. The summed E-state index contributed by atoms with van der Waals surface area (Å²) in [6.07, 6.45) is -0.552. The van der Waals surface area contributed by atoms with E-state index in [-0.39, 0.29) is 19.1 Å². The van der Waals surface area contributed by atoms with Crippen molar-refractivity contribution in [3.63, 3.8) is 0 Å². The van der Waals surface area contributed by atoms with Gasteiger partial charge in [0.15, 0.2) is 0 Å². The molecule has 1 heterocycles. The van der Waals surface area contributed by atoms with E-state index in [1.165, 1.54) is 7.11 Å². The van der Waals surface area contributed by atoms with Crippen molar-refractivity contribution in [1.82, 2.24) is 10.2 Å². The van der Waals surface area contributed by atoms with Crippen molar-refractivity contribution in [3.05, 3.63) is 35.9 Å². The zero-order chi connectivity index (χ0) is 16.0. The first-order chi connectivity index (χ1) is 10.6. The van der Waals surface area contributed by atoms with Crippen molar-refractivity contribution in [2.24, 2.45) is 0 Å². The molecule has 0 radical (unpaired) electrons. The standard InChI is InChI=1S/C15H20N2O5/c1-17(8-13(18)20-2)15(10-21-11-15)16-14(19)22-9-12-6-4-3-5-7-12/h3-7H,8-11H2,1-2H3,(H,16,19). The molecule has 0 aliphatic carbocycles. The number of nitrogens with zero attached hydrogens (tertiary/aromatic N) is 1. The van der Waals surface area contributed by atoms with E-state index < -0.39 is 11.8 Å². The average molecular weight is 308 g/mol. The molecule has 0 unspecified atom stereocenters. The zero-order valence-corrected chi connectivity index (χ0v) is 12.7. The molecule has 7 heteroatoms. The summed E-state index contributed by atoms with van der Waals surface area (Å²) in [5.41, 5.74) is 0.168. The van der Waals surface area contributed by atoms with Crippen LogP contribution in [0.3, 0.4) is 0 Å². The maximum absolute atomic E-state index is 12.0. The number of rotatable bonds is 6. The molecule has 22 heavy (non-hydrogen) atoms. The van der Waals surface area contributed by atoms with Crippen molar-refractivity contribution in [2.75, 3.05) is 33.9 Å². The fourth-order valence-electron chi connectivity index (χ4n) is 2.04. The number of methoxy groups -OCH3 is 1. The predicted octanol–water partition coefficient (Wildman–Crippen LogP) is 0.744. The highest BCUT2D eigenvalue weighted by Crippen LogP contribution is 2.21. The Bertz CT molecular complexity index is 516. The maximum atomic E-state index is 12.0. The molecule has 1 aromatic rings. The van der Waals surface area contributed by atoms with Crippen LogP contribution in [0.2, 0.25) is 0 Å². The van der Waals surface area contributed by atoms with Crippen molar-refractivity contribution < 1.29 is 23.8 Å². The van der Waals surface area contributed by atoms with Crippen molar-refractivity contribution in [2.45, 2.75) is 12.3 Å². The summed E-state index contributed by atoms with van der Waals surface area (Å²) in [6.45, 7) is 0.824. The van der Waals surface area contributed by atoms with Crippen LogP contribution in [-0.2, 0) is 25.6 Å². The summed E-state index contributed by atoms with van der Waals surface area (Å²) < 4.78 is 15.0. The Morgan fingerprint density at radius 1 is 1.32 bits per heavy atom. The molecule has 1 aliphatic rings. The van der Waals surface area contributed by atoms with Crippen LogP contribution >= 0.6 is 0 Å². The summed E-state index contributed by atoms with van der Waals surface area (Å²) in [5, 5.41) is 2.76. The Kier molecular flexibility index (Phi) is 5.35. The Balaban J connectivity index is 1.86. The van der Waals surface area contributed by atoms with E-state index in [9.17, 15) is 9.59 Å². The van der Waals surface area contributed by atoms with Gasteiger partial charge in [-0.15, -0.1) is 0 Å². The van der Waals surface area contributed by atoms with Gasteiger partial charge in [0.2, 0.25) is 0 Å². The highest BCUT2D eigenvalue weighted by molar-refractivity contribution is 5.72. The Morgan fingerprint density at radius 3 is 2.55 bits per heavy atom. The lowest BCUT2D eigenvalue weighted by molar-refractivity contribution is -0.163. The molecular weight excluding hydrogens is 288 g/mol. The van der Waals surface area contributed by atoms with Crippen LogP contribution in [0.25, 0.3) is 0 Å². The monoisotopic (exact) mass is 308 g/mol. The smallest absolute Gasteiger partial charge is 0.409 e. The number of likely N-dealkylation sites (N-methyl/N-ethyl adjacent to an activating group) is 1. The number of nitrogens with one attached hydrogen (secondary N) is 1. The lowest BCUT2D eigenvalue weighted by Gasteiger charge is -2.47. The Labute approximate surface area is 129 Å². The summed E-state index contributed by atoms with van der Waals surface area (Å²) in [7, 11) is 3.04. The van der Waals surface area contributed by atoms with Gasteiger partial charge in [0, 0.05) is 0 Å². The molecule has 1 aromatic carbocycles. The van der Waals surface area contributed by atoms with Gasteiger partial charge in [0.25, 0.3) is 0 Å². The van der Waals surface area contributed by atoms with Crippen LogP contribution in [0, 0.1) is 0 Å². The molecule has 0 saturated carbocycles. The van der Waals surface area contributed by atoms with Crippen LogP contribution < -0.4 is 5.32 Å². The third-order valence-corrected chi connectivity index (χ3v) is 3.55. The van der Waals surface area contributed by atoms with E-state index in [1.54, 1.807) is 11.9 Å². The number of alkyl carbamates (subject to hydrolysis) is 1. The first kappa shape index (κ1) is 16.3. The molecule has 1 saturated heterocycles. The topological polar surface area (TPSA) is 77.1 Å². The average Bonchev–Trinajstić information content (AvgIpc) is 2.49. The van der Waals surface area contributed by atoms with Crippen LogP contribution in [0.15, 0.2) is 30.3 Å². The van der Waals surface area contributed by atoms with Crippen molar-refractivity contribution >= 4 is 12.1 Å². The molecule has 0 atom stereocenters. The quantitative estimate of drug-likeness (QED) is 0.617. The van der Waals surface area contributed by atoms with E-state index in [2.05, 4.69) is 10.1 Å². The SMILES string of the molecule is COC(=O)CN(C)C1(NC(=O)OCc2ccccc2)COC1. The first-order valence-corrected chi connectivity index (χ1v) is 6.90. The van der Waals surface area contributed by atoms with Gasteiger partial charge < -0.3 is 14.2 Å². The van der Waals surface area contributed by atoms with Gasteiger partial charge in [-0.05, 0) is 12.6 Å². The summed E-state index contributed by atoms with van der Waals surface area (Å²) in [6, 6.07) is 9.40. The summed E-state index contributed by atoms with van der Waals surface area (Å²) in [4.78, 5) is 25.0. The van der Waals surface area contributed by atoms with E-state index >= 15 is 0 Å². The van der Waals surface area contributed by atoms with Gasteiger partial charge in [0.05, 0.1) is 26.9 Å². The predicted molar refractivity (Wildman–Crippen MR) is 78.0 cm³/mol. The van der Waals surface area contributed by atoms with Crippen LogP contribution in [0.5, 0.6) is 0 Å². The molecular formula is C15H20N2O5. The second-order valence-electron chi connectivity index (χ2n) is 5.14. The Hall–Kier alpha value is -2.12. The minimum Gasteiger partial charge on any atom is -0.468 e. The van der Waals surface area contributed by atoms with E-state index in [0.717, 1.165) is 5.56 Å². The maximum Gasteiger partial charge on any atom is 0.409 e. The molecule has 120 valence electrons. The third kappa shape index (κ3) is 3.96. The van der Waals surface area contributed by atoms with Gasteiger partial charge in [-0.1, -0.05) is 30.3 Å². The molecule has 0 spiro atoms. The largest absolute Gasteiger partial charge is 0.468 e. The third-order valence-electron chi connectivity index (χ3n) is 3.55. The number of amides is 1. The molecule has 1 fully saturated rings. The second-order valence-corrected chi connectivity index (χ2v) is 5.14. The van der Waals surface area contributed by atoms with Crippen molar-refractivity contribution in [1.29, 1.82) is 0 Å². The van der Waals surface area contributed by atoms with E-state index in [1.807, 2.05) is 30.3 Å². The zero-order valence-electron chi connectivity index (χ0n) is 12.7. The van der Waals surface area contributed by atoms with Gasteiger partial charge in [-0.3, -0.25) is 15.0 Å². The molecule has 1 N–H and O–H groups in total. The number of carbonyl (C=O) groups excluding carboxylic acids is 2. The Morgan fingerprint density at radius 2 is 2.00 bits per heavy atom. The molecule has 1 aliphatic heterocycles. The molecule has 2 rings (SSSR count). The van der Waals surface area contributed by atoms with Crippen LogP contribution in [0.4, 0.5) is 4.79 Å². The van der Waals surface area contributed by atoms with Crippen LogP contribution in [-0.4, -0.2) is 56.5 Å². The van der Waals surface area contributed by atoms with Gasteiger partial charge in [0.1, 0.15) is 12.3 Å². The summed E-state index contributed by atoms with van der Waals surface area (Å²) in [5.74, 6) is -0.381. The molecule has 0 bridgehead atoms. The first-order valence-electron chi connectivity index (χ1n) is 6.90. The molecule has 0 aromatic heterocycles.